The number of anilines is 1. The Balaban J connectivity index is 1.65. The van der Waals surface area contributed by atoms with Gasteiger partial charge in [0.2, 0.25) is 5.88 Å². The second kappa shape index (κ2) is 7.15. The molecule has 2 aromatic heterocycles. The maximum atomic E-state index is 6.36. The van der Waals surface area contributed by atoms with Gasteiger partial charge in [-0.25, -0.2) is 4.98 Å². The molecule has 7 heteroatoms. The Labute approximate surface area is 158 Å². The summed E-state index contributed by atoms with van der Waals surface area (Å²) >= 11 is 0. The zero-order valence-electron chi connectivity index (χ0n) is 16.1. The number of rotatable bonds is 4. The van der Waals surface area contributed by atoms with Crippen molar-refractivity contribution in [3.63, 3.8) is 0 Å². The molecule has 1 aliphatic heterocycles. The van der Waals surface area contributed by atoms with Gasteiger partial charge in [0.25, 0.3) is 0 Å². The largest absolute Gasteiger partial charge is 0.474 e. The highest BCUT2D eigenvalue weighted by atomic mass is 16.5. The molecule has 0 unspecified atom stereocenters. The lowest BCUT2D eigenvalue weighted by Gasteiger charge is -2.34. The summed E-state index contributed by atoms with van der Waals surface area (Å²) in [5.74, 6) is 1.21. The quantitative estimate of drug-likeness (QED) is 0.689. The lowest BCUT2D eigenvalue weighted by molar-refractivity contribution is 0.0824. The molecule has 4 rings (SSSR count). The zero-order valence-corrected chi connectivity index (χ0v) is 16.1. The van der Waals surface area contributed by atoms with E-state index in [1.165, 1.54) is 0 Å². The molecule has 1 aromatic carbocycles. The van der Waals surface area contributed by atoms with Crippen molar-refractivity contribution in [2.24, 2.45) is 0 Å². The van der Waals surface area contributed by atoms with Crippen molar-refractivity contribution in [2.45, 2.75) is 45.8 Å². The van der Waals surface area contributed by atoms with Crippen LogP contribution in [0.2, 0.25) is 0 Å². The summed E-state index contributed by atoms with van der Waals surface area (Å²) in [6.07, 6.45) is 2.15. The lowest BCUT2D eigenvalue weighted by Crippen LogP contribution is -2.41. The number of hydrogen-bond acceptors (Lipinski definition) is 6. The van der Waals surface area contributed by atoms with Crippen LogP contribution in [-0.2, 0) is 0 Å². The number of likely N-dealkylation sites (tertiary alicyclic amines) is 1. The Hall–Kier alpha value is -2.67. The van der Waals surface area contributed by atoms with Crippen LogP contribution in [-0.4, -0.2) is 50.3 Å². The zero-order chi connectivity index (χ0) is 19.0. The molecule has 0 atom stereocenters. The fourth-order valence-corrected chi connectivity index (χ4v) is 3.55. The predicted octanol–water partition coefficient (Wildman–Crippen LogP) is 3.16. The molecule has 0 bridgehead atoms. The Morgan fingerprint density at radius 1 is 1.15 bits per heavy atom. The molecule has 3 heterocycles. The van der Waals surface area contributed by atoms with Crippen LogP contribution in [0.4, 0.5) is 5.69 Å². The molecule has 0 saturated carbocycles. The highest BCUT2D eigenvalue weighted by Gasteiger charge is 2.24. The van der Waals surface area contributed by atoms with Gasteiger partial charge in [0.1, 0.15) is 11.5 Å². The van der Waals surface area contributed by atoms with Crippen molar-refractivity contribution in [3.05, 3.63) is 30.0 Å². The second-order valence-corrected chi connectivity index (χ2v) is 7.47. The first kappa shape index (κ1) is 17.7. The Morgan fingerprint density at radius 3 is 2.52 bits per heavy atom. The molecule has 0 spiro atoms. The molecule has 1 fully saturated rings. The summed E-state index contributed by atoms with van der Waals surface area (Å²) in [5, 5.41) is 8.19. The SMILES string of the molecule is Cc1[nH]nc2nc(-c3ccc(N)cc3)nc(OC3CCN(C(C)C)CC3)c12. The Kier molecular flexibility index (Phi) is 4.70. The van der Waals surface area contributed by atoms with Gasteiger partial charge in [0.15, 0.2) is 11.5 Å². The maximum absolute atomic E-state index is 6.36. The first-order valence-corrected chi connectivity index (χ1v) is 9.50. The summed E-state index contributed by atoms with van der Waals surface area (Å²) in [6, 6.07) is 8.11. The molecule has 0 amide bonds. The van der Waals surface area contributed by atoms with Gasteiger partial charge in [-0.1, -0.05) is 0 Å². The fourth-order valence-electron chi connectivity index (χ4n) is 3.55. The van der Waals surface area contributed by atoms with Crippen LogP contribution in [0.1, 0.15) is 32.4 Å². The van der Waals surface area contributed by atoms with Gasteiger partial charge in [-0.3, -0.25) is 5.10 Å². The van der Waals surface area contributed by atoms with E-state index in [-0.39, 0.29) is 6.10 Å². The first-order valence-electron chi connectivity index (χ1n) is 9.50. The van der Waals surface area contributed by atoms with Crippen molar-refractivity contribution in [3.8, 4) is 17.3 Å². The van der Waals surface area contributed by atoms with Crippen molar-refractivity contribution < 1.29 is 4.74 Å². The van der Waals surface area contributed by atoms with Gasteiger partial charge < -0.3 is 15.4 Å². The maximum Gasteiger partial charge on any atom is 0.228 e. The van der Waals surface area contributed by atoms with Gasteiger partial charge in [0, 0.05) is 36.1 Å². The van der Waals surface area contributed by atoms with Crippen molar-refractivity contribution >= 4 is 16.7 Å². The van der Waals surface area contributed by atoms with E-state index in [0.29, 0.717) is 29.1 Å². The van der Waals surface area contributed by atoms with E-state index in [1.807, 2.05) is 31.2 Å². The fraction of sp³-hybridized carbons (Fsp3) is 0.450. The molecular formula is C20H26N6O. The van der Waals surface area contributed by atoms with Gasteiger partial charge >= 0.3 is 0 Å². The number of piperidine rings is 1. The molecule has 142 valence electrons. The van der Waals surface area contributed by atoms with Crippen LogP contribution in [0.5, 0.6) is 5.88 Å². The number of aromatic nitrogens is 4. The van der Waals surface area contributed by atoms with Crippen LogP contribution < -0.4 is 10.5 Å². The molecule has 27 heavy (non-hydrogen) atoms. The number of aryl methyl sites for hydroxylation is 1. The van der Waals surface area contributed by atoms with Gasteiger partial charge in [-0.05, 0) is 57.9 Å². The number of hydrogen-bond donors (Lipinski definition) is 2. The molecule has 1 saturated heterocycles. The highest BCUT2D eigenvalue weighted by Crippen LogP contribution is 2.30. The molecular weight excluding hydrogens is 340 g/mol. The van der Waals surface area contributed by atoms with E-state index in [2.05, 4.69) is 33.9 Å². The summed E-state index contributed by atoms with van der Waals surface area (Å²) in [4.78, 5) is 11.8. The number of nitrogens with two attached hydrogens (primary N) is 1. The first-order chi connectivity index (χ1) is 13.0. The average Bonchev–Trinajstić information content (AvgIpc) is 3.04. The van der Waals surface area contributed by atoms with E-state index in [4.69, 9.17) is 15.5 Å². The summed E-state index contributed by atoms with van der Waals surface area (Å²) < 4.78 is 6.36. The van der Waals surface area contributed by atoms with Gasteiger partial charge in [-0.2, -0.15) is 10.1 Å². The topological polar surface area (TPSA) is 93.0 Å². The molecule has 0 aliphatic carbocycles. The van der Waals surface area contributed by atoms with E-state index in [9.17, 15) is 0 Å². The third-order valence-electron chi connectivity index (χ3n) is 5.22. The summed E-state index contributed by atoms with van der Waals surface area (Å²) in [6.45, 7) is 8.54. The third-order valence-corrected chi connectivity index (χ3v) is 5.22. The standard InChI is InChI=1S/C20H26N6O/c1-12(2)26-10-8-16(9-11-26)27-20-17-13(3)24-25-19(17)22-18(23-20)14-4-6-15(21)7-5-14/h4-7,12,16H,8-11,21H2,1-3H3,(H,22,23,24,25). The Morgan fingerprint density at radius 2 is 1.85 bits per heavy atom. The number of nitrogens with zero attached hydrogens (tertiary/aromatic N) is 4. The summed E-state index contributed by atoms with van der Waals surface area (Å²) in [5.41, 5.74) is 8.95. The number of ether oxygens (including phenoxy) is 1. The number of nitrogens with one attached hydrogen (secondary N) is 1. The van der Waals surface area contributed by atoms with Crippen molar-refractivity contribution in [2.75, 3.05) is 18.8 Å². The second-order valence-electron chi connectivity index (χ2n) is 7.47. The lowest BCUT2D eigenvalue weighted by atomic mass is 10.1. The predicted molar refractivity (Wildman–Crippen MR) is 107 cm³/mol. The van der Waals surface area contributed by atoms with E-state index < -0.39 is 0 Å². The smallest absolute Gasteiger partial charge is 0.228 e. The number of nitrogen functional groups attached to an aromatic ring is 1. The molecule has 0 radical (unpaired) electrons. The number of H-pyrrole nitrogens is 1. The molecule has 3 N–H and O–H groups in total. The van der Waals surface area contributed by atoms with Crippen molar-refractivity contribution in [1.29, 1.82) is 0 Å². The summed E-state index contributed by atoms with van der Waals surface area (Å²) in [7, 11) is 0. The van der Waals surface area contributed by atoms with E-state index in [0.717, 1.165) is 42.6 Å². The minimum atomic E-state index is 0.159. The molecule has 7 nitrogen and oxygen atoms in total. The minimum Gasteiger partial charge on any atom is -0.474 e. The Bertz CT molecular complexity index is 926. The average molecular weight is 366 g/mol. The normalized spacial score (nSPS) is 16.3. The van der Waals surface area contributed by atoms with Crippen LogP contribution in [0, 0.1) is 6.92 Å². The number of fused-ring (bicyclic) bond motifs is 1. The van der Waals surface area contributed by atoms with Crippen LogP contribution >= 0.6 is 0 Å². The number of aromatic amines is 1. The van der Waals surface area contributed by atoms with Gasteiger partial charge in [-0.15, -0.1) is 0 Å². The van der Waals surface area contributed by atoms with E-state index in [1.54, 1.807) is 0 Å². The van der Waals surface area contributed by atoms with Crippen LogP contribution in [0.25, 0.3) is 22.4 Å². The van der Waals surface area contributed by atoms with Gasteiger partial charge in [0.05, 0.1) is 0 Å². The minimum absolute atomic E-state index is 0.159. The number of benzene rings is 1. The third kappa shape index (κ3) is 3.60. The monoisotopic (exact) mass is 366 g/mol. The highest BCUT2D eigenvalue weighted by molar-refractivity contribution is 5.84. The van der Waals surface area contributed by atoms with Crippen molar-refractivity contribution in [1.82, 2.24) is 25.1 Å². The van der Waals surface area contributed by atoms with Crippen LogP contribution in [0.3, 0.4) is 0 Å². The molecule has 3 aromatic rings. The van der Waals surface area contributed by atoms with Crippen LogP contribution in [0.15, 0.2) is 24.3 Å². The molecule has 1 aliphatic rings. The van der Waals surface area contributed by atoms with E-state index >= 15 is 0 Å².